The van der Waals surface area contributed by atoms with Crippen LogP contribution >= 0.6 is 0 Å². The molecule has 1 aliphatic rings. The lowest BCUT2D eigenvalue weighted by atomic mass is 10.2. The van der Waals surface area contributed by atoms with Gasteiger partial charge in [-0.05, 0) is 31.2 Å². The molecule has 1 fully saturated rings. The second-order valence-electron chi connectivity index (χ2n) is 4.99. The van der Waals surface area contributed by atoms with Crippen LogP contribution in [0.15, 0.2) is 24.3 Å². The zero-order chi connectivity index (χ0) is 12.8. The summed E-state index contributed by atoms with van der Waals surface area (Å²) in [6, 6.07) is 8.41. The van der Waals surface area contributed by atoms with E-state index in [1.54, 1.807) is 0 Å². The molecule has 18 heavy (non-hydrogen) atoms. The van der Waals surface area contributed by atoms with Crippen molar-refractivity contribution in [2.75, 3.05) is 46.4 Å². The van der Waals surface area contributed by atoms with E-state index in [9.17, 15) is 0 Å². The fraction of sp³-hybridized carbons (Fsp3) is 0.600. The van der Waals surface area contributed by atoms with Crippen LogP contribution in [-0.4, -0.2) is 56.2 Å². The minimum absolute atomic E-state index is 0.789. The zero-order valence-electron chi connectivity index (χ0n) is 11.6. The Balaban J connectivity index is 1.71. The Kier molecular flexibility index (Phi) is 5.02. The molecule has 0 radical (unpaired) electrons. The van der Waals surface area contributed by atoms with Crippen molar-refractivity contribution in [1.82, 2.24) is 9.80 Å². The average Bonchev–Trinajstić information content (AvgIpc) is 2.41. The second-order valence-corrected chi connectivity index (χ2v) is 4.99. The quantitative estimate of drug-likeness (QED) is 0.791. The van der Waals surface area contributed by atoms with E-state index in [2.05, 4.69) is 42.0 Å². The molecule has 1 saturated heterocycles. The largest absolute Gasteiger partial charge is 0.492 e. The second kappa shape index (κ2) is 6.76. The summed E-state index contributed by atoms with van der Waals surface area (Å²) in [5.41, 5.74) is 1.34. The summed E-state index contributed by atoms with van der Waals surface area (Å²) in [6.07, 6.45) is 1.07. The van der Waals surface area contributed by atoms with E-state index in [4.69, 9.17) is 4.74 Å². The molecule has 1 heterocycles. The van der Waals surface area contributed by atoms with Gasteiger partial charge in [-0.15, -0.1) is 0 Å². The van der Waals surface area contributed by atoms with Crippen LogP contribution in [0.4, 0.5) is 0 Å². The number of nitrogens with zero attached hydrogens (tertiary/aromatic N) is 2. The monoisotopic (exact) mass is 248 g/mol. The van der Waals surface area contributed by atoms with E-state index in [-0.39, 0.29) is 0 Å². The van der Waals surface area contributed by atoms with Crippen molar-refractivity contribution in [1.29, 1.82) is 0 Å². The van der Waals surface area contributed by atoms with Crippen molar-refractivity contribution in [3.8, 4) is 5.75 Å². The van der Waals surface area contributed by atoms with Gasteiger partial charge in [-0.3, -0.25) is 4.90 Å². The predicted molar refractivity (Wildman–Crippen MR) is 75.3 cm³/mol. The molecular formula is C15H24N2O. The van der Waals surface area contributed by atoms with Crippen molar-refractivity contribution in [3.63, 3.8) is 0 Å². The van der Waals surface area contributed by atoms with Gasteiger partial charge in [-0.1, -0.05) is 19.1 Å². The molecule has 0 N–H and O–H groups in total. The topological polar surface area (TPSA) is 15.7 Å². The van der Waals surface area contributed by atoms with Crippen LogP contribution in [-0.2, 0) is 6.42 Å². The molecule has 2 rings (SSSR count). The third-order valence-corrected chi connectivity index (χ3v) is 3.58. The van der Waals surface area contributed by atoms with Crippen molar-refractivity contribution in [2.45, 2.75) is 13.3 Å². The Morgan fingerprint density at radius 1 is 1.17 bits per heavy atom. The Morgan fingerprint density at radius 3 is 2.67 bits per heavy atom. The van der Waals surface area contributed by atoms with Gasteiger partial charge in [0.05, 0.1) is 0 Å². The summed E-state index contributed by atoms with van der Waals surface area (Å²) >= 11 is 0. The first-order valence-electron chi connectivity index (χ1n) is 6.90. The van der Waals surface area contributed by atoms with Crippen molar-refractivity contribution < 1.29 is 4.74 Å². The number of aryl methyl sites for hydroxylation is 1. The Bertz CT molecular complexity index is 359. The lowest BCUT2D eigenvalue weighted by molar-refractivity contribution is 0.133. The predicted octanol–water partition coefficient (Wildman–Crippen LogP) is 1.88. The molecule has 1 aliphatic heterocycles. The third kappa shape index (κ3) is 4.00. The number of hydrogen-bond donors (Lipinski definition) is 0. The maximum Gasteiger partial charge on any atom is 0.119 e. The summed E-state index contributed by atoms with van der Waals surface area (Å²) in [5, 5.41) is 0. The highest BCUT2D eigenvalue weighted by Gasteiger charge is 2.12. The van der Waals surface area contributed by atoms with Gasteiger partial charge in [0.15, 0.2) is 0 Å². The number of likely N-dealkylation sites (N-methyl/N-ethyl adjacent to an activating group) is 1. The highest BCUT2D eigenvalue weighted by molar-refractivity contribution is 5.28. The molecule has 1 aromatic rings. The van der Waals surface area contributed by atoms with Crippen molar-refractivity contribution >= 4 is 0 Å². The molecular weight excluding hydrogens is 224 g/mol. The van der Waals surface area contributed by atoms with Gasteiger partial charge in [0, 0.05) is 32.7 Å². The molecule has 100 valence electrons. The van der Waals surface area contributed by atoms with E-state index in [0.29, 0.717) is 0 Å². The first kappa shape index (κ1) is 13.4. The molecule has 0 amide bonds. The van der Waals surface area contributed by atoms with E-state index in [0.717, 1.165) is 38.4 Å². The molecule has 0 atom stereocenters. The molecule has 0 unspecified atom stereocenters. The fourth-order valence-electron chi connectivity index (χ4n) is 2.22. The number of benzene rings is 1. The van der Waals surface area contributed by atoms with Crippen LogP contribution in [0.25, 0.3) is 0 Å². The maximum atomic E-state index is 5.82. The Hall–Kier alpha value is -1.06. The van der Waals surface area contributed by atoms with Crippen molar-refractivity contribution in [3.05, 3.63) is 29.8 Å². The molecule has 0 saturated carbocycles. The normalized spacial score (nSPS) is 17.9. The van der Waals surface area contributed by atoms with Gasteiger partial charge >= 0.3 is 0 Å². The standard InChI is InChI=1S/C15H24N2O/c1-3-14-5-4-6-15(13-14)18-12-11-17-9-7-16(2)8-10-17/h4-6,13H,3,7-12H2,1-2H3. The first-order valence-corrected chi connectivity index (χ1v) is 6.90. The van der Waals surface area contributed by atoms with Crippen LogP contribution < -0.4 is 4.74 Å². The third-order valence-electron chi connectivity index (χ3n) is 3.58. The van der Waals surface area contributed by atoms with Gasteiger partial charge in [-0.2, -0.15) is 0 Å². The fourth-order valence-corrected chi connectivity index (χ4v) is 2.22. The van der Waals surface area contributed by atoms with Crippen molar-refractivity contribution in [2.24, 2.45) is 0 Å². The minimum atomic E-state index is 0.789. The van der Waals surface area contributed by atoms with E-state index < -0.39 is 0 Å². The molecule has 0 bridgehead atoms. The number of rotatable bonds is 5. The summed E-state index contributed by atoms with van der Waals surface area (Å²) in [4.78, 5) is 4.85. The van der Waals surface area contributed by atoms with E-state index in [1.165, 1.54) is 18.7 Å². The van der Waals surface area contributed by atoms with Gasteiger partial charge in [-0.25, -0.2) is 0 Å². The van der Waals surface area contributed by atoms with Gasteiger partial charge in [0.2, 0.25) is 0 Å². The first-order chi connectivity index (χ1) is 8.78. The van der Waals surface area contributed by atoms with Gasteiger partial charge in [0.1, 0.15) is 12.4 Å². The maximum absolute atomic E-state index is 5.82. The summed E-state index contributed by atoms with van der Waals surface area (Å²) in [7, 11) is 2.18. The van der Waals surface area contributed by atoms with Crippen LogP contribution in [0.5, 0.6) is 5.75 Å². The Morgan fingerprint density at radius 2 is 1.94 bits per heavy atom. The number of hydrogen-bond acceptors (Lipinski definition) is 3. The average molecular weight is 248 g/mol. The van der Waals surface area contributed by atoms with Crippen LogP contribution in [0.1, 0.15) is 12.5 Å². The lowest BCUT2D eigenvalue weighted by Gasteiger charge is -2.32. The zero-order valence-corrected chi connectivity index (χ0v) is 11.6. The highest BCUT2D eigenvalue weighted by atomic mass is 16.5. The molecule has 0 spiro atoms. The van der Waals surface area contributed by atoms with Crippen LogP contribution in [0, 0.1) is 0 Å². The van der Waals surface area contributed by atoms with Gasteiger partial charge in [0.25, 0.3) is 0 Å². The Labute approximate surface area is 110 Å². The summed E-state index contributed by atoms with van der Waals surface area (Å²) in [5.74, 6) is 1.00. The van der Waals surface area contributed by atoms with Crippen LogP contribution in [0.3, 0.4) is 0 Å². The smallest absolute Gasteiger partial charge is 0.119 e. The van der Waals surface area contributed by atoms with E-state index in [1.807, 2.05) is 6.07 Å². The number of ether oxygens (including phenoxy) is 1. The molecule has 3 heteroatoms. The molecule has 0 aromatic heterocycles. The molecule has 1 aromatic carbocycles. The summed E-state index contributed by atoms with van der Waals surface area (Å²) < 4.78 is 5.82. The summed E-state index contributed by atoms with van der Waals surface area (Å²) in [6.45, 7) is 8.66. The minimum Gasteiger partial charge on any atom is -0.492 e. The molecule has 3 nitrogen and oxygen atoms in total. The highest BCUT2D eigenvalue weighted by Crippen LogP contribution is 2.13. The SMILES string of the molecule is CCc1cccc(OCCN2CCN(C)CC2)c1. The lowest BCUT2D eigenvalue weighted by Crippen LogP contribution is -2.45. The van der Waals surface area contributed by atoms with Crippen LogP contribution in [0.2, 0.25) is 0 Å². The molecule has 0 aliphatic carbocycles. The number of piperazine rings is 1. The van der Waals surface area contributed by atoms with E-state index >= 15 is 0 Å². The van der Waals surface area contributed by atoms with Gasteiger partial charge < -0.3 is 9.64 Å².